The van der Waals surface area contributed by atoms with Gasteiger partial charge in [-0.05, 0) is 37.8 Å². The van der Waals surface area contributed by atoms with Crippen LogP contribution in [0.2, 0.25) is 0 Å². The number of hydrogen-bond acceptors (Lipinski definition) is 7. The number of H-pyrrole nitrogens is 1. The van der Waals surface area contributed by atoms with Crippen molar-refractivity contribution in [2.75, 3.05) is 18.5 Å². The first-order chi connectivity index (χ1) is 16.2. The van der Waals surface area contributed by atoms with Crippen LogP contribution in [0.5, 0.6) is 5.75 Å². The van der Waals surface area contributed by atoms with Crippen molar-refractivity contribution >= 4 is 22.8 Å². The van der Waals surface area contributed by atoms with Crippen molar-refractivity contribution < 1.29 is 27.4 Å². The van der Waals surface area contributed by atoms with Crippen molar-refractivity contribution in [1.29, 1.82) is 0 Å². The predicted molar refractivity (Wildman–Crippen MR) is 116 cm³/mol. The molecule has 4 rings (SSSR count). The fourth-order valence-corrected chi connectivity index (χ4v) is 3.69. The van der Waals surface area contributed by atoms with Crippen molar-refractivity contribution in [3.8, 4) is 5.75 Å². The number of ether oxygens (including phenoxy) is 3. The van der Waals surface area contributed by atoms with Crippen LogP contribution in [0, 0.1) is 0 Å². The van der Waals surface area contributed by atoms with Crippen LogP contribution in [0.4, 0.5) is 24.8 Å². The third-order valence-corrected chi connectivity index (χ3v) is 5.28. The average molecular weight is 483 g/mol. The molecule has 10 nitrogen and oxygen atoms in total. The molecule has 184 valence electrons. The number of rotatable bonds is 8. The Bertz CT molecular complexity index is 1260. The molecule has 13 heteroatoms. The molecule has 3 aromatic rings. The summed E-state index contributed by atoms with van der Waals surface area (Å²) in [5.41, 5.74) is -0.646. The van der Waals surface area contributed by atoms with E-state index in [0.29, 0.717) is 19.6 Å². The molecule has 1 aliphatic rings. The summed E-state index contributed by atoms with van der Waals surface area (Å²) in [7, 11) is 1.48. The topological polar surface area (TPSA) is 112 Å². The number of benzene rings is 1. The van der Waals surface area contributed by atoms with Gasteiger partial charge in [0, 0.05) is 32.0 Å². The van der Waals surface area contributed by atoms with Crippen molar-refractivity contribution in [2.45, 2.75) is 44.9 Å². The summed E-state index contributed by atoms with van der Waals surface area (Å²) in [6.07, 6.45) is -1.77. The lowest BCUT2D eigenvalue weighted by molar-refractivity contribution is -0.274. The fraction of sp³-hybridized carbons (Fsp3) is 0.476. The maximum atomic E-state index is 12.9. The van der Waals surface area contributed by atoms with E-state index in [4.69, 9.17) is 9.47 Å². The van der Waals surface area contributed by atoms with E-state index in [0.717, 1.165) is 36.0 Å². The molecule has 0 spiro atoms. The van der Waals surface area contributed by atoms with E-state index in [-0.39, 0.29) is 35.6 Å². The highest BCUT2D eigenvalue weighted by atomic mass is 19.4. The van der Waals surface area contributed by atoms with Crippen molar-refractivity contribution in [3.63, 3.8) is 0 Å². The molecule has 0 saturated carbocycles. The number of aryl methyl sites for hydroxylation is 1. The minimum Gasteiger partial charge on any atom is -0.406 e. The first-order valence-electron chi connectivity index (χ1n) is 10.8. The zero-order valence-corrected chi connectivity index (χ0v) is 18.4. The highest BCUT2D eigenvalue weighted by Crippen LogP contribution is 2.26. The van der Waals surface area contributed by atoms with E-state index < -0.39 is 23.4 Å². The normalized spacial score (nSPS) is 16.6. The number of fused-ring (bicyclic) bond motifs is 1. The second-order valence-corrected chi connectivity index (χ2v) is 7.80. The summed E-state index contributed by atoms with van der Waals surface area (Å²) in [6, 6.07) is 5.16. The van der Waals surface area contributed by atoms with E-state index in [1.54, 1.807) is 0 Å². The molecule has 34 heavy (non-hydrogen) atoms. The van der Waals surface area contributed by atoms with Gasteiger partial charge in [-0.3, -0.25) is 13.9 Å². The van der Waals surface area contributed by atoms with E-state index in [9.17, 15) is 22.8 Å². The minimum absolute atomic E-state index is 0.0850. The quantitative estimate of drug-likeness (QED) is 0.474. The third-order valence-electron chi connectivity index (χ3n) is 5.28. The molecule has 1 unspecified atom stereocenters. The lowest BCUT2D eigenvalue weighted by atomic mass is 10.2. The van der Waals surface area contributed by atoms with E-state index >= 15 is 0 Å². The Morgan fingerprint density at radius 2 is 2.12 bits per heavy atom. The Hall–Kier alpha value is -3.32. The van der Waals surface area contributed by atoms with Crippen LogP contribution in [0.1, 0.15) is 25.7 Å². The van der Waals surface area contributed by atoms with Crippen molar-refractivity contribution in [1.82, 2.24) is 19.1 Å². The van der Waals surface area contributed by atoms with Crippen LogP contribution < -0.4 is 21.3 Å². The number of alkyl halides is 3. The Balaban J connectivity index is 1.49. The van der Waals surface area contributed by atoms with Gasteiger partial charge in [0.05, 0.1) is 6.61 Å². The number of imidazole rings is 1. The zero-order valence-electron chi connectivity index (χ0n) is 18.4. The molecule has 0 amide bonds. The molecule has 3 heterocycles. The molecular formula is C21H24F3N5O5. The molecular weight excluding hydrogens is 459 g/mol. The van der Waals surface area contributed by atoms with Gasteiger partial charge in [0.2, 0.25) is 5.95 Å². The Morgan fingerprint density at radius 1 is 1.29 bits per heavy atom. The number of aromatic amines is 1. The van der Waals surface area contributed by atoms with Crippen molar-refractivity contribution in [2.24, 2.45) is 7.05 Å². The maximum absolute atomic E-state index is 12.9. The highest BCUT2D eigenvalue weighted by molar-refractivity contribution is 5.74. The Kier molecular flexibility index (Phi) is 6.93. The Labute approximate surface area is 191 Å². The van der Waals surface area contributed by atoms with Crippen LogP contribution in [0.3, 0.4) is 0 Å². The molecule has 2 aromatic heterocycles. The van der Waals surface area contributed by atoms with Gasteiger partial charge in [-0.15, -0.1) is 13.2 Å². The lowest BCUT2D eigenvalue weighted by Gasteiger charge is -2.22. The smallest absolute Gasteiger partial charge is 0.406 e. The van der Waals surface area contributed by atoms with Gasteiger partial charge >= 0.3 is 12.1 Å². The molecule has 1 aromatic carbocycles. The summed E-state index contributed by atoms with van der Waals surface area (Å²) >= 11 is 0. The van der Waals surface area contributed by atoms with Gasteiger partial charge in [-0.2, -0.15) is 4.98 Å². The number of halogens is 3. The monoisotopic (exact) mass is 483 g/mol. The second-order valence-electron chi connectivity index (χ2n) is 7.80. The summed E-state index contributed by atoms with van der Waals surface area (Å²) in [5, 5.41) is 2.79. The number of nitrogens with one attached hydrogen (secondary N) is 2. The van der Waals surface area contributed by atoms with Gasteiger partial charge in [-0.1, -0.05) is 6.07 Å². The van der Waals surface area contributed by atoms with Crippen LogP contribution >= 0.6 is 0 Å². The van der Waals surface area contributed by atoms with Crippen LogP contribution in [0.15, 0.2) is 33.9 Å². The first-order valence-corrected chi connectivity index (χ1v) is 10.8. The molecule has 1 fully saturated rings. The SMILES string of the molecule is Cn1c(=O)n(CCCOC2CCCCO2)c(=O)c2[nH]c(Nc3cccc(OC(F)(F)F)c3)nc21. The van der Waals surface area contributed by atoms with Crippen molar-refractivity contribution in [3.05, 3.63) is 45.1 Å². The molecule has 1 atom stereocenters. The summed E-state index contributed by atoms with van der Waals surface area (Å²) in [4.78, 5) is 32.6. The maximum Gasteiger partial charge on any atom is 0.573 e. The van der Waals surface area contributed by atoms with Crippen LogP contribution in [0.25, 0.3) is 11.2 Å². The summed E-state index contributed by atoms with van der Waals surface area (Å²) in [6.45, 7) is 1.15. The van der Waals surface area contributed by atoms with Gasteiger partial charge < -0.3 is 24.5 Å². The average Bonchev–Trinajstić information content (AvgIpc) is 3.21. The van der Waals surface area contributed by atoms with E-state index in [2.05, 4.69) is 20.0 Å². The highest BCUT2D eigenvalue weighted by Gasteiger charge is 2.31. The molecule has 0 bridgehead atoms. The van der Waals surface area contributed by atoms with Gasteiger partial charge in [0.1, 0.15) is 5.75 Å². The first kappa shape index (κ1) is 23.8. The number of hydrogen-bond donors (Lipinski definition) is 2. The number of nitrogens with zero attached hydrogens (tertiary/aromatic N) is 3. The largest absolute Gasteiger partial charge is 0.573 e. The van der Waals surface area contributed by atoms with Crippen LogP contribution in [-0.2, 0) is 23.1 Å². The second kappa shape index (κ2) is 9.89. The molecule has 1 saturated heterocycles. The third kappa shape index (κ3) is 5.59. The van der Waals surface area contributed by atoms with Crippen LogP contribution in [-0.4, -0.2) is 45.0 Å². The fourth-order valence-electron chi connectivity index (χ4n) is 3.69. The number of anilines is 2. The van der Waals surface area contributed by atoms with Gasteiger partial charge in [0.25, 0.3) is 5.56 Å². The zero-order chi connectivity index (χ0) is 24.3. The summed E-state index contributed by atoms with van der Waals surface area (Å²) < 4.78 is 54.8. The Morgan fingerprint density at radius 3 is 2.85 bits per heavy atom. The van der Waals surface area contributed by atoms with E-state index in [1.165, 1.54) is 23.7 Å². The van der Waals surface area contributed by atoms with E-state index in [1.807, 2.05) is 0 Å². The minimum atomic E-state index is -4.82. The molecule has 0 radical (unpaired) electrons. The predicted octanol–water partition coefficient (Wildman–Crippen LogP) is 3.00. The molecule has 1 aliphatic heterocycles. The molecule has 2 N–H and O–H groups in total. The number of aromatic nitrogens is 4. The lowest BCUT2D eigenvalue weighted by Crippen LogP contribution is -2.39. The molecule has 0 aliphatic carbocycles. The van der Waals surface area contributed by atoms with Gasteiger partial charge in [0.15, 0.2) is 17.5 Å². The van der Waals surface area contributed by atoms with Gasteiger partial charge in [-0.25, -0.2) is 4.79 Å². The standard InChI is InChI=1S/C21H24F3N5O5/c1-28-17-16(18(30)29(20(28)31)9-5-11-33-15-8-2-3-10-32-15)26-19(27-17)25-13-6-4-7-14(12-13)34-21(22,23)24/h4,6-7,12,15H,2-3,5,8-11H2,1H3,(H2,25,26,27). The summed E-state index contributed by atoms with van der Waals surface area (Å²) in [5.74, 6) is -0.328.